The molecule has 148 valence electrons. The number of thiazole rings is 1. The number of halogens is 1. The maximum atomic E-state index is 12.3. The Kier molecular flexibility index (Phi) is 10.4. The first-order valence-corrected chi connectivity index (χ1v) is 9.59. The lowest BCUT2D eigenvalue weighted by Gasteiger charge is -2.28. The second-order valence-corrected chi connectivity index (χ2v) is 7.14. The second kappa shape index (κ2) is 11.7. The van der Waals surface area contributed by atoms with Crippen LogP contribution < -0.4 is 5.32 Å². The molecule has 2 heterocycles. The number of hydrogen-bond donors (Lipinski definition) is 1. The zero-order valence-electron chi connectivity index (χ0n) is 16.0. The van der Waals surface area contributed by atoms with Crippen molar-refractivity contribution < 1.29 is 9.53 Å². The van der Waals surface area contributed by atoms with Crippen molar-refractivity contribution in [3.05, 3.63) is 16.1 Å². The summed E-state index contributed by atoms with van der Waals surface area (Å²) >= 11 is 1.60. The van der Waals surface area contributed by atoms with Crippen LogP contribution in [0.5, 0.6) is 0 Å². The number of carbonyl (C=O) groups excluding carboxylic acids is 1. The highest BCUT2D eigenvalue weighted by molar-refractivity contribution is 14.0. The van der Waals surface area contributed by atoms with Crippen molar-refractivity contribution in [2.24, 2.45) is 4.99 Å². The van der Waals surface area contributed by atoms with Crippen LogP contribution in [-0.4, -0.2) is 67.5 Å². The summed E-state index contributed by atoms with van der Waals surface area (Å²) in [5.41, 5.74) is 0.969. The molecule has 0 aromatic carbocycles. The first-order valence-electron chi connectivity index (χ1n) is 8.71. The number of likely N-dealkylation sites (tertiary alicyclic amines) is 1. The third-order valence-corrected chi connectivity index (χ3v) is 5.40. The Morgan fingerprint density at radius 1 is 1.46 bits per heavy atom. The molecule has 1 saturated heterocycles. The van der Waals surface area contributed by atoms with Crippen LogP contribution in [0.2, 0.25) is 0 Å². The highest BCUT2D eigenvalue weighted by Gasteiger charge is 2.18. The van der Waals surface area contributed by atoms with E-state index in [1.807, 2.05) is 29.2 Å². The molecule has 1 fully saturated rings. The number of carbonyl (C=O) groups is 1. The number of rotatable bonds is 6. The van der Waals surface area contributed by atoms with E-state index in [0.29, 0.717) is 12.5 Å². The fraction of sp³-hybridized carbons (Fsp3) is 0.706. The van der Waals surface area contributed by atoms with E-state index in [2.05, 4.69) is 15.3 Å². The lowest BCUT2D eigenvalue weighted by Crippen LogP contribution is -2.46. The van der Waals surface area contributed by atoms with Crippen LogP contribution in [0.25, 0.3) is 0 Å². The average Bonchev–Trinajstić information content (AvgIpc) is 3.10. The van der Waals surface area contributed by atoms with Gasteiger partial charge in [0.25, 0.3) is 0 Å². The maximum Gasteiger partial charge on any atom is 0.241 e. The minimum absolute atomic E-state index is 0. The Morgan fingerprint density at radius 2 is 2.15 bits per heavy atom. The molecule has 1 aliphatic rings. The number of ether oxygens (including phenoxy) is 1. The lowest BCUT2D eigenvalue weighted by molar-refractivity contribution is -0.130. The third kappa shape index (κ3) is 6.66. The van der Waals surface area contributed by atoms with E-state index in [1.54, 1.807) is 25.5 Å². The lowest BCUT2D eigenvalue weighted by atomic mass is 10.1. The highest BCUT2D eigenvalue weighted by Crippen LogP contribution is 2.20. The minimum Gasteiger partial charge on any atom is -0.375 e. The summed E-state index contributed by atoms with van der Waals surface area (Å²) in [5.74, 6) is 0.832. The zero-order chi connectivity index (χ0) is 18.2. The normalized spacial score (nSPS) is 16.0. The number of hydrogen-bond acceptors (Lipinski definition) is 5. The van der Waals surface area contributed by atoms with Gasteiger partial charge in [0.05, 0.1) is 18.8 Å². The van der Waals surface area contributed by atoms with Gasteiger partial charge in [-0.3, -0.25) is 9.79 Å². The predicted octanol–water partition coefficient (Wildman–Crippen LogP) is 2.49. The van der Waals surface area contributed by atoms with Gasteiger partial charge >= 0.3 is 0 Å². The number of nitrogens with zero attached hydrogens (tertiary/aromatic N) is 4. The van der Waals surface area contributed by atoms with Crippen molar-refractivity contribution in [1.29, 1.82) is 0 Å². The first kappa shape index (κ1) is 23.1. The zero-order valence-corrected chi connectivity index (χ0v) is 19.2. The van der Waals surface area contributed by atoms with Crippen molar-refractivity contribution in [2.45, 2.75) is 38.8 Å². The molecule has 9 heteroatoms. The van der Waals surface area contributed by atoms with E-state index >= 15 is 0 Å². The van der Waals surface area contributed by atoms with E-state index in [4.69, 9.17) is 4.74 Å². The van der Waals surface area contributed by atoms with Crippen LogP contribution in [0, 0.1) is 0 Å². The van der Waals surface area contributed by atoms with Crippen LogP contribution in [0.3, 0.4) is 0 Å². The summed E-state index contributed by atoms with van der Waals surface area (Å²) in [7, 11) is 5.35. The van der Waals surface area contributed by atoms with Crippen LogP contribution in [0.1, 0.15) is 43.0 Å². The first-order chi connectivity index (χ1) is 12.0. The Bertz CT molecular complexity index is 589. The summed E-state index contributed by atoms with van der Waals surface area (Å²) in [4.78, 5) is 25.1. The van der Waals surface area contributed by atoms with Gasteiger partial charge in [-0.05, 0) is 26.2 Å². The Morgan fingerprint density at radius 3 is 2.77 bits per heavy atom. The topological polar surface area (TPSA) is 70.1 Å². The molecule has 1 unspecified atom stereocenters. The van der Waals surface area contributed by atoms with Gasteiger partial charge in [0.1, 0.15) is 11.1 Å². The highest BCUT2D eigenvalue weighted by atomic mass is 127. The molecule has 0 radical (unpaired) electrons. The van der Waals surface area contributed by atoms with E-state index in [0.717, 1.165) is 36.6 Å². The molecule has 1 aromatic rings. The van der Waals surface area contributed by atoms with Crippen molar-refractivity contribution in [2.75, 3.05) is 40.8 Å². The molecule has 0 saturated carbocycles. The fourth-order valence-corrected chi connectivity index (χ4v) is 3.64. The monoisotopic (exact) mass is 495 g/mol. The number of methoxy groups -OCH3 is 1. The number of aromatic nitrogens is 1. The summed E-state index contributed by atoms with van der Waals surface area (Å²) in [6.07, 6.45) is 3.43. The van der Waals surface area contributed by atoms with Crippen LogP contribution in [0.4, 0.5) is 0 Å². The largest absolute Gasteiger partial charge is 0.375 e. The van der Waals surface area contributed by atoms with Gasteiger partial charge in [-0.15, -0.1) is 35.3 Å². The van der Waals surface area contributed by atoms with Gasteiger partial charge < -0.3 is 19.9 Å². The van der Waals surface area contributed by atoms with Crippen molar-refractivity contribution >= 4 is 47.2 Å². The van der Waals surface area contributed by atoms with Crippen LogP contribution in [0.15, 0.2) is 10.4 Å². The average molecular weight is 495 g/mol. The molecule has 0 spiro atoms. The molecule has 0 aliphatic carbocycles. The number of guanidine groups is 1. The van der Waals surface area contributed by atoms with Crippen LogP contribution in [-0.2, 0) is 16.1 Å². The molecule has 7 nitrogen and oxygen atoms in total. The molecule has 2 rings (SSSR count). The maximum absolute atomic E-state index is 12.3. The quantitative estimate of drug-likeness (QED) is 0.373. The van der Waals surface area contributed by atoms with Crippen molar-refractivity contribution in [1.82, 2.24) is 20.1 Å². The van der Waals surface area contributed by atoms with Gasteiger partial charge in [0, 0.05) is 39.7 Å². The van der Waals surface area contributed by atoms with E-state index in [1.165, 1.54) is 6.42 Å². The van der Waals surface area contributed by atoms with Crippen LogP contribution >= 0.6 is 35.3 Å². The Hall–Kier alpha value is -0.940. The predicted molar refractivity (Wildman–Crippen MR) is 116 cm³/mol. The van der Waals surface area contributed by atoms with E-state index < -0.39 is 0 Å². The molecular formula is C17H30IN5O2S. The number of piperidine rings is 1. The van der Waals surface area contributed by atoms with Gasteiger partial charge in [-0.25, -0.2) is 4.98 Å². The number of amides is 1. The second-order valence-electron chi connectivity index (χ2n) is 6.25. The van der Waals surface area contributed by atoms with Crippen molar-refractivity contribution in [3.8, 4) is 0 Å². The fourth-order valence-electron chi connectivity index (χ4n) is 2.80. The summed E-state index contributed by atoms with van der Waals surface area (Å²) in [5, 5.41) is 6.16. The molecular weight excluding hydrogens is 465 g/mol. The Balaban J connectivity index is 0.00000338. The molecule has 1 N–H and O–H groups in total. The summed E-state index contributed by atoms with van der Waals surface area (Å²) in [6, 6.07) is 0. The Labute approximate surface area is 177 Å². The van der Waals surface area contributed by atoms with Crippen molar-refractivity contribution in [3.63, 3.8) is 0 Å². The molecule has 1 aliphatic heterocycles. The molecule has 1 aromatic heterocycles. The van der Waals surface area contributed by atoms with Gasteiger partial charge in [-0.2, -0.15) is 0 Å². The van der Waals surface area contributed by atoms with E-state index in [-0.39, 0.29) is 42.5 Å². The minimum atomic E-state index is 0. The van der Waals surface area contributed by atoms with Gasteiger partial charge in [0.2, 0.25) is 5.91 Å². The van der Waals surface area contributed by atoms with E-state index in [9.17, 15) is 4.79 Å². The van der Waals surface area contributed by atoms with Gasteiger partial charge in [-0.1, -0.05) is 0 Å². The summed E-state index contributed by atoms with van der Waals surface area (Å²) < 4.78 is 5.30. The number of aliphatic imine (C=N–C) groups is 1. The van der Waals surface area contributed by atoms with Gasteiger partial charge in [0.15, 0.2) is 5.96 Å². The standard InChI is InChI=1S/C17H29N5O2S.HI/c1-13(24-4)16-20-14(12-25-16)11-21(3)17(18-2)19-10-15(23)22-8-6-5-7-9-22;/h12-13H,5-11H2,1-4H3,(H,18,19);1H. The number of nitrogens with one attached hydrogen (secondary N) is 1. The molecule has 1 atom stereocenters. The molecule has 1 amide bonds. The summed E-state index contributed by atoms with van der Waals surface area (Å²) in [6.45, 7) is 4.63. The SMILES string of the molecule is CN=C(NCC(=O)N1CCCCC1)N(C)Cc1csc(C(C)OC)n1.I. The molecule has 26 heavy (non-hydrogen) atoms. The molecule has 0 bridgehead atoms. The smallest absolute Gasteiger partial charge is 0.241 e. The third-order valence-electron chi connectivity index (χ3n) is 4.35.